The zero-order valence-electron chi connectivity index (χ0n) is 12.1. The molecule has 0 bridgehead atoms. The number of nitrogens with one attached hydrogen (secondary N) is 1. The van der Waals surface area contributed by atoms with Crippen LogP contribution in [0.4, 0.5) is 5.69 Å². The molecule has 3 rings (SSSR count). The quantitative estimate of drug-likeness (QED) is 0.940. The second kappa shape index (κ2) is 6.23. The largest absolute Gasteiger partial charge is 0.495 e. The topological polar surface area (TPSA) is 55.4 Å². The molecule has 0 aliphatic carbocycles. The molecule has 1 heterocycles. The van der Waals surface area contributed by atoms with Gasteiger partial charge in [-0.2, -0.15) is 0 Å². The Hall–Kier alpha value is -2.27. The lowest BCUT2D eigenvalue weighted by atomic mass is 10.0. The first-order valence-corrected chi connectivity index (χ1v) is 7.92. The van der Waals surface area contributed by atoms with E-state index in [4.69, 9.17) is 4.74 Å². The minimum atomic E-state index is -0.233. The van der Waals surface area contributed by atoms with Crippen molar-refractivity contribution in [2.24, 2.45) is 0 Å². The fourth-order valence-electron chi connectivity index (χ4n) is 2.41. The molecule has 22 heavy (non-hydrogen) atoms. The molecule has 2 aromatic carbocycles. The van der Waals surface area contributed by atoms with Crippen molar-refractivity contribution in [3.8, 4) is 5.75 Å². The van der Waals surface area contributed by atoms with Crippen molar-refractivity contribution in [3.63, 3.8) is 0 Å². The fraction of sp³-hybridized carbons (Fsp3) is 0.176. The molecule has 0 atom stereocenters. The summed E-state index contributed by atoms with van der Waals surface area (Å²) in [4.78, 5) is 25.3. The highest BCUT2D eigenvalue weighted by Crippen LogP contribution is 2.34. The molecule has 0 unspecified atom stereocenters. The monoisotopic (exact) mass is 313 g/mol. The minimum Gasteiger partial charge on any atom is -0.495 e. The van der Waals surface area contributed by atoms with E-state index < -0.39 is 0 Å². The van der Waals surface area contributed by atoms with Crippen LogP contribution in [0.1, 0.15) is 27.1 Å². The Morgan fingerprint density at radius 1 is 1.18 bits per heavy atom. The Morgan fingerprint density at radius 3 is 2.82 bits per heavy atom. The van der Waals surface area contributed by atoms with Crippen molar-refractivity contribution >= 4 is 29.1 Å². The molecule has 1 amide bonds. The predicted molar refractivity (Wildman–Crippen MR) is 87.1 cm³/mol. The van der Waals surface area contributed by atoms with E-state index in [1.54, 1.807) is 49.2 Å². The van der Waals surface area contributed by atoms with Gasteiger partial charge in [-0.15, -0.1) is 11.8 Å². The number of ketones is 1. The van der Waals surface area contributed by atoms with Crippen LogP contribution >= 0.6 is 11.8 Å². The lowest BCUT2D eigenvalue weighted by Crippen LogP contribution is -2.17. The van der Waals surface area contributed by atoms with Crippen LogP contribution in [0.5, 0.6) is 5.75 Å². The van der Waals surface area contributed by atoms with Crippen LogP contribution < -0.4 is 10.1 Å². The number of carbonyl (C=O) groups excluding carboxylic acids is 2. The van der Waals surface area contributed by atoms with Gasteiger partial charge in [0, 0.05) is 22.6 Å². The molecule has 0 fully saturated rings. The number of fused-ring (bicyclic) bond motifs is 1. The molecule has 1 aliphatic heterocycles. The molecule has 2 aromatic rings. The average molecular weight is 313 g/mol. The highest BCUT2D eigenvalue weighted by atomic mass is 32.2. The molecule has 0 saturated carbocycles. The highest BCUT2D eigenvalue weighted by molar-refractivity contribution is 7.99. The van der Waals surface area contributed by atoms with Crippen LogP contribution in [0.2, 0.25) is 0 Å². The molecule has 4 nitrogen and oxygen atoms in total. The summed E-state index contributed by atoms with van der Waals surface area (Å²) in [5.74, 6) is 1.18. The number of anilines is 1. The lowest BCUT2D eigenvalue weighted by molar-refractivity contribution is 0.0984. The first-order valence-electron chi connectivity index (χ1n) is 6.94. The molecular formula is C17H15NO3S. The van der Waals surface area contributed by atoms with Gasteiger partial charge in [-0.05, 0) is 18.2 Å². The number of rotatable bonds is 3. The van der Waals surface area contributed by atoms with Crippen LogP contribution in [-0.4, -0.2) is 24.6 Å². The van der Waals surface area contributed by atoms with Crippen molar-refractivity contribution in [2.75, 3.05) is 18.2 Å². The summed E-state index contributed by atoms with van der Waals surface area (Å²) in [6.07, 6.45) is 0.523. The van der Waals surface area contributed by atoms with Crippen molar-refractivity contribution in [3.05, 3.63) is 53.6 Å². The predicted octanol–water partition coefficient (Wildman–Crippen LogP) is 3.63. The van der Waals surface area contributed by atoms with E-state index in [0.29, 0.717) is 34.7 Å². The molecular weight excluding hydrogens is 298 g/mol. The molecule has 0 saturated heterocycles. The fourth-order valence-corrected chi connectivity index (χ4v) is 3.55. The zero-order chi connectivity index (χ0) is 15.5. The molecule has 1 aliphatic rings. The summed E-state index contributed by atoms with van der Waals surface area (Å²) in [6, 6.07) is 12.5. The number of hydrogen-bond donors (Lipinski definition) is 1. The number of carbonyl (C=O) groups is 2. The Labute approximate surface area is 132 Å². The summed E-state index contributed by atoms with van der Waals surface area (Å²) < 4.78 is 5.24. The highest BCUT2D eigenvalue weighted by Gasteiger charge is 2.23. The van der Waals surface area contributed by atoms with Crippen LogP contribution in [0.15, 0.2) is 47.4 Å². The van der Waals surface area contributed by atoms with Gasteiger partial charge >= 0.3 is 0 Å². The number of amides is 1. The number of ether oxygens (including phenoxy) is 1. The Kier molecular flexibility index (Phi) is 4.15. The second-order valence-electron chi connectivity index (χ2n) is 4.86. The first kappa shape index (κ1) is 14.7. The first-order chi connectivity index (χ1) is 10.7. The Bertz CT molecular complexity index is 742. The number of methoxy groups -OCH3 is 1. The molecule has 0 spiro atoms. The van der Waals surface area contributed by atoms with E-state index in [2.05, 4.69) is 5.32 Å². The third-order valence-corrected chi connectivity index (χ3v) is 4.63. The molecule has 1 N–H and O–H groups in total. The van der Waals surface area contributed by atoms with Gasteiger partial charge in [0.05, 0.1) is 18.4 Å². The molecule has 112 valence electrons. The van der Waals surface area contributed by atoms with E-state index in [0.717, 1.165) is 4.90 Å². The van der Waals surface area contributed by atoms with Crippen molar-refractivity contribution in [2.45, 2.75) is 11.3 Å². The van der Waals surface area contributed by atoms with Gasteiger partial charge in [0.2, 0.25) is 0 Å². The Morgan fingerprint density at radius 2 is 2.00 bits per heavy atom. The third kappa shape index (κ3) is 2.72. The maximum atomic E-state index is 12.6. The van der Waals surface area contributed by atoms with Gasteiger partial charge in [-0.3, -0.25) is 9.59 Å². The summed E-state index contributed by atoms with van der Waals surface area (Å²) >= 11 is 1.56. The standard InChI is InChI=1S/C17H15NO3S/c1-21-15-8-3-2-7-13(15)18-17(20)12-6-4-5-11-14(19)9-10-22-16(11)12/h2-8H,9-10H2,1H3,(H,18,20). The summed E-state index contributed by atoms with van der Waals surface area (Å²) in [5, 5.41) is 2.85. The minimum absolute atomic E-state index is 0.0979. The van der Waals surface area contributed by atoms with E-state index >= 15 is 0 Å². The second-order valence-corrected chi connectivity index (χ2v) is 5.96. The number of benzene rings is 2. The van der Waals surface area contributed by atoms with Gasteiger partial charge in [0.15, 0.2) is 5.78 Å². The summed E-state index contributed by atoms with van der Waals surface area (Å²) in [5.41, 5.74) is 1.78. The van der Waals surface area contributed by atoms with Crippen LogP contribution in [0.3, 0.4) is 0 Å². The maximum absolute atomic E-state index is 12.6. The van der Waals surface area contributed by atoms with E-state index in [1.807, 2.05) is 12.1 Å². The van der Waals surface area contributed by atoms with Crippen molar-refractivity contribution in [1.29, 1.82) is 0 Å². The lowest BCUT2D eigenvalue weighted by Gasteiger charge is -2.18. The summed E-state index contributed by atoms with van der Waals surface area (Å²) in [6.45, 7) is 0. The van der Waals surface area contributed by atoms with Crippen LogP contribution in [-0.2, 0) is 0 Å². The van der Waals surface area contributed by atoms with Gasteiger partial charge in [0.25, 0.3) is 5.91 Å². The normalized spacial score (nSPS) is 13.4. The number of Topliss-reactive ketones (excluding diaryl/α,β-unsaturated/α-hetero) is 1. The third-order valence-electron chi connectivity index (χ3n) is 3.49. The number of thioether (sulfide) groups is 1. The average Bonchev–Trinajstić information content (AvgIpc) is 2.55. The van der Waals surface area contributed by atoms with Crippen LogP contribution in [0.25, 0.3) is 0 Å². The van der Waals surface area contributed by atoms with Gasteiger partial charge in [-0.25, -0.2) is 0 Å². The maximum Gasteiger partial charge on any atom is 0.256 e. The SMILES string of the molecule is COc1ccccc1NC(=O)c1cccc2c1SCCC2=O. The smallest absolute Gasteiger partial charge is 0.256 e. The number of para-hydroxylation sites is 2. The number of hydrogen-bond acceptors (Lipinski definition) is 4. The Balaban J connectivity index is 1.93. The molecule has 0 radical (unpaired) electrons. The molecule has 5 heteroatoms. The van der Waals surface area contributed by atoms with Crippen molar-refractivity contribution in [1.82, 2.24) is 0 Å². The van der Waals surface area contributed by atoms with Crippen molar-refractivity contribution < 1.29 is 14.3 Å². The van der Waals surface area contributed by atoms with Crippen LogP contribution in [0, 0.1) is 0 Å². The summed E-state index contributed by atoms with van der Waals surface area (Å²) in [7, 11) is 1.56. The molecule has 0 aromatic heterocycles. The van der Waals surface area contributed by atoms with Gasteiger partial charge < -0.3 is 10.1 Å². The van der Waals surface area contributed by atoms with Gasteiger partial charge in [0.1, 0.15) is 5.75 Å². The van der Waals surface area contributed by atoms with Gasteiger partial charge in [-0.1, -0.05) is 24.3 Å². The van der Waals surface area contributed by atoms with E-state index in [1.165, 1.54) is 0 Å². The van der Waals surface area contributed by atoms with E-state index in [-0.39, 0.29) is 11.7 Å². The van der Waals surface area contributed by atoms with E-state index in [9.17, 15) is 9.59 Å². The zero-order valence-corrected chi connectivity index (χ0v) is 12.9.